The summed E-state index contributed by atoms with van der Waals surface area (Å²) in [5, 5.41) is 6.24. The van der Waals surface area contributed by atoms with Gasteiger partial charge >= 0.3 is 0 Å². The van der Waals surface area contributed by atoms with Crippen molar-refractivity contribution in [3.05, 3.63) is 82.3 Å². The van der Waals surface area contributed by atoms with E-state index in [-0.39, 0.29) is 5.91 Å². The summed E-state index contributed by atoms with van der Waals surface area (Å²) in [5.41, 5.74) is 5.83. The zero-order valence-corrected chi connectivity index (χ0v) is 16.1. The first-order valence-electron chi connectivity index (χ1n) is 8.95. The largest absolute Gasteiger partial charge is 0.347 e. The molecule has 0 saturated carbocycles. The van der Waals surface area contributed by atoms with Crippen LogP contribution in [0.4, 0.5) is 11.5 Å². The lowest BCUT2D eigenvalue weighted by Crippen LogP contribution is -2.24. The van der Waals surface area contributed by atoms with Crippen LogP contribution in [0.3, 0.4) is 0 Å². The predicted molar refractivity (Wildman–Crippen MR) is 108 cm³/mol. The van der Waals surface area contributed by atoms with Crippen LogP contribution >= 0.6 is 0 Å². The second-order valence-corrected chi connectivity index (χ2v) is 6.74. The van der Waals surface area contributed by atoms with Gasteiger partial charge in [0.1, 0.15) is 17.3 Å². The molecule has 138 valence electrons. The lowest BCUT2D eigenvalue weighted by Gasteiger charge is -2.12. The molecule has 5 heteroatoms. The van der Waals surface area contributed by atoms with Crippen molar-refractivity contribution in [3.8, 4) is 0 Å². The van der Waals surface area contributed by atoms with E-state index in [4.69, 9.17) is 0 Å². The molecule has 0 atom stereocenters. The average Bonchev–Trinajstić information content (AvgIpc) is 2.63. The molecule has 0 saturated heterocycles. The summed E-state index contributed by atoms with van der Waals surface area (Å²) >= 11 is 0. The molecule has 0 unspecified atom stereocenters. The quantitative estimate of drug-likeness (QED) is 0.708. The normalized spacial score (nSPS) is 10.5. The van der Waals surface area contributed by atoms with Crippen LogP contribution in [0.25, 0.3) is 0 Å². The highest BCUT2D eigenvalue weighted by atomic mass is 16.1. The van der Waals surface area contributed by atoms with Gasteiger partial charge < -0.3 is 10.6 Å². The SMILES string of the molecule is Cc1ccc(C)c(Nc2cc(C(=O)NCc3ccccc3C)nc(C)n2)c1. The molecule has 27 heavy (non-hydrogen) atoms. The standard InChI is InChI=1S/C22H24N4O/c1-14-9-10-16(3)19(11-14)26-21-12-20(24-17(4)25-21)22(27)23-13-18-8-6-5-7-15(18)2/h5-12H,13H2,1-4H3,(H,23,27)(H,24,25,26). The molecule has 0 spiro atoms. The molecule has 1 amide bonds. The maximum absolute atomic E-state index is 12.6. The predicted octanol–water partition coefficient (Wildman–Crippen LogP) is 4.38. The van der Waals surface area contributed by atoms with Gasteiger partial charge in [-0.2, -0.15) is 0 Å². The number of benzene rings is 2. The number of aromatic nitrogens is 2. The summed E-state index contributed by atoms with van der Waals surface area (Å²) < 4.78 is 0. The van der Waals surface area contributed by atoms with Gasteiger partial charge in [0.2, 0.25) is 0 Å². The Morgan fingerprint density at radius 2 is 1.70 bits per heavy atom. The van der Waals surface area contributed by atoms with Gasteiger partial charge in [-0.05, 0) is 56.0 Å². The van der Waals surface area contributed by atoms with Crippen LogP contribution in [0.15, 0.2) is 48.5 Å². The average molecular weight is 360 g/mol. The maximum atomic E-state index is 12.6. The van der Waals surface area contributed by atoms with E-state index in [1.165, 1.54) is 0 Å². The van der Waals surface area contributed by atoms with E-state index in [9.17, 15) is 4.79 Å². The first-order valence-corrected chi connectivity index (χ1v) is 8.95. The number of aryl methyl sites for hydroxylation is 4. The minimum atomic E-state index is -0.215. The molecule has 5 nitrogen and oxygen atoms in total. The number of nitrogens with zero attached hydrogens (tertiary/aromatic N) is 2. The van der Waals surface area contributed by atoms with Crippen molar-refractivity contribution in [2.24, 2.45) is 0 Å². The third-order valence-electron chi connectivity index (χ3n) is 4.43. The number of hydrogen-bond acceptors (Lipinski definition) is 4. The Hall–Kier alpha value is -3.21. The Morgan fingerprint density at radius 1 is 0.926 bits per heavy atom. The van der Waals surface area contributed by atoms with Crippen LogP contribution in [0.5, 0.6) is 0 Å². The Bertz CT molecular complexity index is 982. The highest BCUT2D eigenvalue weighted by Gasteiger charge is 2.11. The molecule has 2 N–H and O–H groups in total. The van der Waals surface area contributed by atoms with Crippen LogP contribution in [0, 0.1) is 27.7 Å². The summed E-state index contributed by atoms with van der Waals surface area (Å²) in [7, 11) is 0. The molecule has 3 aromatic rings. The molecule has 3 rings (SSSR count). The van der Waals surface area contributed by atoms with E-state index in [1.54, 1.807) is 13.0 Å². The van der Waals surface area contributed by atoms with E-state index in [0.29, 0.717) is 23.9 Å². The summed E-state index contributed by atoms with van der Waals surface area (Å²) in [6.45, 7) is 8.36. The van der Waals surface area contributed by atoms with Gasteiger partial charge in [-0.1, -0.05) is 36.4 Å². The molecule has 1 heterocycles. The van der Waals surface area contributed by atoms with Gasteiger partial charge in [0.05, 0.1) is 0 Å². The van der Waals surface area contributed by atoms with E-state index in [0.717, 1.165) is 27.9 Å². The van der Waals surface area contributed by atoms with Crippen LogP contribution in [0.2, 0.25) is 0 Å². The van der Waals surface area contributed by atoms with Crippen molar-refractivity contribution < 1.29 is 4.79 Å². The molecular weight excluding hydrogens is 336 g/mol. The maximum Gasteiger partial charge on any atom is 0.270 e. The number of hydrogen-bond donors (Lipinski definition) is 2. The fourth-order valence-electron chi connectivity index (χ4n) is 2.83. The van der Waals surface area contributed by atoms with Gasteiger partial charge in [0.15, 0.2) is 0 Å². The van der Waals surface area contributed by atoms with Crippen LogP contribution in [-0.4, -0.2) is 15.9 Å². The van der Waals surface area contributed by atoms with E-state index >= 15 is 0 Å². The highest BCUT2D eigenvalue weighted by Crippen LogP contribution is 2.21. The first kappa shape index (κ1) is 18.6. The number of anilines is 2. The van der Waals surface area contributed by atoms with Gasteiger partial charge in [-0.3, -0.25) is 4.79 Å². The fraction of sp³-hybridized carbons (Fsp3) is 0.227. The van der Waals surface area contributed by atoms with Gasteiger partial charge in [-0.15, -0.1) is 0 Å². The smallest absolute Gasteiger partial charge is 0.270 e. The minimum absolute atomic E-state index is 0.215. The number of nitrogens with one attached hydrogen (secondary N) is 2. The number of carbonyl (C=O) groups is 1. The second-order valence-electron chi connectivity index (χ2n) is 6.74. The number of amides is 1. The van der Waals surface area contributed by atoms with E-state index in [2.05, 4.69) is 38.8 Å². The monoisotopic (exact) mass is 360 g/mol. The fourth-order valence-corrected chi connectivity index (χ4v) is 2.83. The molecule has 0 aliphatic heterocycles. The van der Waals surface area contributed by atoms with E-state index in [1.807, 2.05) is 45.0 Å². The van der Waals surface area contributed by atoms with Crippen LogP contribution in [0.1, 0.15) is 38.6 Å². The first-order chi connectivity index (χ1) is 12.9. The van der Waals surface area contributed by atoms with E-state index < -0.39 is 0 Å². The summed E-state index contributed by atoms with van der Waals surface area (Å²) in [6, 6.07) is 15.9. The van der Waals surface area contributed by atoms with Crippen molar-refractivity contribution in [3.63, 3.8) is 0 Å². The number of carbonyl (C=O) groups excluding carboxylic acids is 1. The third kappa shape index (κ3) is 4.70. The summed E-state index contributed by atoms with van der Waals surface area (Å²) in [6.07, 6.45) is 0. The zero-order valence-electron chi connectivity index (χ0n) is 16.1. The summed E-state index contributed by atoms with van der Waals surface area (Å²) in [4.78, 5) is 21.3. The lowest BCUT2D eigenvalue weighted by molar-refractivity contribution is 0.0945. The zero-order chi connectivity index (χ0) is 19.4. The third-order valence-corrected chi connectivity index (χ3v) is 4.43. The molecule has 2 aromatic carbocycles. The molecule has 0 aliphatic carbocycles. The summed E-state index contributed by atoms with van der Waals surface area (Å²) in [5.74, 6) is 0.941. The minimum Gasteiger partial charge on any atom is -0.347 e. The van der Waals surface area contributed by atoms with Crippen molar-refractivity contribution in [1.29, 1.82) is 0 Å². The molecule has 1 aromatic heterocycles. The Balaban J connectivity index is 1.77. The molecular formula is C22H24N4O. The lowest BCUT2D eigenvalue weighted by atomic mass is 10.1. The van der Waals surface area contributed by atoms with Crippen molar-refractivity contribution >= 4 is 17.4 Å². The van der Waals surface area contributed by atoms with Crippen molar-refractivity contribution in [2.75, 3.05) is 5.32 Å². The second kappa shape index (κ2) is 7.99. The highest BCUT2D eigenvalue weighted by molar-refractivity contribution is 5.93. The van der Waals surface area contributed by atoms with Crippen molar-refractivity contribution in [1.82, 2.24) is 15.3 Å². The van der Waals surface area contributed by atoms with Crippen LogP contribution < -0.4 is 10.6 Å². The molecule has 0 aliphatic rings. The van der Waals surface area contributed by atoms with Crippen molar-refractivity contribution in [2.45, 2.75) is 34.2 Å². The Labute approximate surface area is 159 Å². The topological polar surface area (TPSA) is 66.9 Å². The molecule has 0 bridgehead atoms. The molecule has 0 radical (unpaired) electrons. The van der Waals surface area contributed by atoms with Gasteiger partial charge in [-0.25, -0.2) is 9.97 Å². The number of rotatable bonds is 5. The Morgan fingerprint density at radius 3 is 2.48 bits per heavy atom. The molecule has 0 fully saturated rings. The van der Waals surface area contributed by atoms with Gasteiger partial charge in [0, 0.05) is 18.3 Å². The van der Waals surface area contributed by atoms with Crippen LogP contribution in [-0.2, 0) is 6.54 Å². The Kier molecular flexibility index (Phi) is 5.50. The van der Waals surface area contributed by atoms with Gasteiger partial charge in [0.25, 0.3) is 5.91 Å².